The zero-order valence-corrected chi connectivity index (χ0v) is 9.65. The molecule has 0 unspecified atom stereocenters. The normalized spacial score (nSPS) is 16.3. The van der Waals surface area contributed by atoms with Crippen molar-refractivity contribution in [1.82, 2.24) is 14.9 Å². The van der Waals surface area contributed by atoms with Crippen molar-refractivity contribution in [2.24, 2.45) is 0 Å². The van der Waals surface area contributed by atoms with Crippen molar-refractivity contribution >= 4 is 5.82 Å². The molecule has 0 atom stereocenters. The molecule has 5 nitrogen and oxygen atoms in total. The number of anilines is 1. The summed E-state index contributed by atoms with van der Waals surface area (Å²) in [5.41, 5.74) is 0. The monoisotopic (exact) mass is 222 g/mol. The Labute approximate surface area is 95.8 Å². The molecule has 0 bridgehead atoms. The third-order valence-corrected chi connectivity index (χ3v) is 2.72. The minimum absolute atomic E-state index is 0.589. The molecule has 16 heavy (non-hydrogen) atoms. The largest absolute Gasteiger partial charge is 0.475 e. The number of rotatable bonds is 5. The van der Waals surface area contributed by atoms with E-state index in [0.29, 0.717) is 12.5 Å². The van der Waals surface area contributed by atoms with Crippen LogP contribution in [0.4, 0.5) is 5.82 Å². The van der Waals surface area contributed by atoms with Crippen LogP contribution in [0.5, 0.6) is 5.88 Å². The first-order valence-corrected chi connectivity index (χ1v) is 5.73. The van der Waals surface area contributed by atoms with Crippen molar-refractivity contribution < 1.29 is 4.74 Å². The van der Waals surface area contributed by atoms with Crippen LogP contribution in [0.25, 0.3) is 0 Å². The number of aromatic nitrogens is 2. The SMILES string of the molecule is CNc1cncc(OCCN2CCCC2)n1. The van der Waals surface area contributed by atoms with Crippen molar-refractivity contribution in [1.29, 1.82) is 0 Å². The van der Waals surface area contributed by atoms with Crippen LogP contribution in [0.15, 0.2) is 12.4 Å². The van der Waals surface area contributed by atoms with Gasteiger partial charge in [0.15, 0.2) is 0 Å². The molecule has 1 saturated heterocycles. The average molecular weight is 222 g/mol. The van der Waals surface area contributed by atoms with Crippen LogP contribution in [0.3, 0.4) is 0 Å². The van der Waals surface area contributed by atoms with Crippen molar-refractivity contribution in [2.45, 2.75) is 12.8 Å². The van der Waals surface area contributed by atoms with Gasteiger partial charge in [0.05, 0.1) is 12.4 Å². The number of hydrogen-bond acceptors (Lipinski definition) is 5. The Bertz CT molecular complexity index is 326. The smallest absolute Gasteiger partial charge is 0.234 e. The molecule has 5 heteroatoms. The van der Waals surface area contributed by atoms with Crippen LogP contribution in [0, 0.1) is 0 Å². The highest BCUT2D eigenvalue weighted by atomic mass is 16.5. The van der Waals surface area contributed by atoms with Crippen molar-refractivity contribution in [3.8, 4) is 5.88 Å². The van der Waals surface area contributed by atoms with Gasteiger partial charge < -0.3 is 10.1 Å². The molecule has 1 aromatic rings. The maximum Gasteiger partial charge on any atom is 0.234 e. The van der Waals surface area contributed by atoms with E-state index in [2.05, 4.69) is 20.2 Å². The van der Waals surface area contributed by atoms with Gasteiger partial charge in [-0.25, -0.2) is 0 Å². The fraction of sp³-hybridized carbons (Fsp3) is 0.636. The molecule has 0 saturated carbocycles. The van der Waals surface area contributed by atoms with Gasteiger partial charge in [0.25, 0.3) is 0 Å². The third kappa shape index (κ3) is 3.06. The van der Waals surface area contributed by atoms with Crippen molar-refractivity contribution in [3.63, 3.8) is 0 Å². The second kappa shape index (κ2) is 5.65. The molecule has 0 radical (unpaired) electrons. The van der Waals surface area contributed by atoms with Gasteiger partial charge in [0, 0.05) is 13.6 Å². The van der Waals surface area contributed by atoms with Gasteiger partial charge in [-0.15, -0.1) is 0 Å². The molecule has 2 heterocycles. The highest BCUT2D eigenvalue weighted by molar-refractivity contribution is 5.31. The van der Waals surface area contributed by atoms with Crippen LogP contribution in [-0.2, 0) is 0 Å². The van der Waals surface area contributed by atoms with Gasteiger partial charge in [-0.05, 0) is 25.9 Å². The third-order valence-electron chi connectivity index (χ3n) is 2.72. The molecule has 1 aromatic heterocycles. The standard InChI is InChI=1S/C11H18N4O/c1-12-10-8-13-9-11(14-10)16-7-6-15-4-2-3-5-15/h8-9H,2-7H2,1H3,(H,12,14). The summed E-state index contributed by atoms with van der Waals surface area (Å²) >= 11 is 0. The van der Waals surface area contributed by atoms with E-state index in [0.717, 1.165) is 12.4 Å². The average Bonchev–Trinajstić information content (AvgIpc) is 2.82. The Morgan fingerprint density at radius 3 is 2.94 bits per heavy atom. The minimum atomic E-state index is 0.589. The fourth-order valence-corrected chi connectivity index (χ4v) is 1.82. The second-order valence-electron chi connectivity index (χ2n) is 3.89. The van der Waals surface area contributed by atoms with Crippen LogP contribution >= 0.6 is 0 Å². The van der Waals surface area contributed by atoms with Gasteiger partial charge in [-0.1, -0.05) is 0 Å². The highest BCUT2D eigenvalue weighted by Crippen LogP contribution is 2.09. The summed E-state index contributed by atoms with van der Waals surface area (Å²) in [5.74, 6) is 1.32. The predicted molar refractivity (Wildman–Crippen MR) is 62.7 cm³/mol. The molecule has 0 spiro atoms. The van der Waals surface area contributed by atoms with E-state index in [1.807, 2.05) is 7.05 Å². The topological polar surface area (TPSA) is 50.3 Å². The van der Waals surface area contributed by atoms with E-state index in [1.54, 1.807) is 12.4 Å². The Morgan fingerprint density at radius 1 is 1.38 bits per heavy atom. The van der Waals surface area contributed by atoms with Gasteiger partial charge in [0.1, 0.15) is 12.4 Å². The Hall–Kier alpha value is -1.36. The number of nitrogens with zero attached hydrogens (tertiary/aromatic N) is 3. The fourth-order valence-electron chi connectivity index (χ4n) is 1.82. The maximum atomic E-state index is 5.56. The molecule has 1 aliphatic heterocycles. The van der Waals surface area contributed by atoms with E-state index in [-0.39, 0.29) is 0 Å². The molecule has 1 aliphatic rings. The zero-order valence-electron chi connectivity index (χ0n) is 9.65. The molecule has 1 N–H and O–H groups in total. The number of nitrogens with one attached hydrogen (secondary N) is 1. The van der Waals surface area contributed by atoms with E-state index in [1.165, 1.54) is 25.9 Å². The van der Waals surface area contributed by atoms with Gasteiger partial charge in [-0.2, -0.15) is 4.98 Å². The van der Waals surface area contributed by atoms with Crippen LogP contribution in [0.2, 0.25) is 0 Å². The highest BCUT2D eigenvalue weighted by Gasteiger charge is 2.10. The summed E-state index contributed by atoms with van der Waals surface area (Å²) in [7, 11) is 1.82. The minimum Gasteiger partial charge on any atom is -0.475 e. The summed E-state index contributed by atoms with van der Waals surface area (Å²) in [5, 5.41) is 2.93. The Morgan fingerprint density at radius 2 is 2.19 bits per heavy atom. The summed E-state index contributed by atoms with van der Waals surface area (Å²) < 4.78 is 5.56. The number of likely N-dealkylation sites (tertiary alicyclic amines) is 1. The lowest BCUT2D eigenvalue weighted by atomic mass is 10.4. The summed E-state index contributed by atoms with van der Waals surface area (Å²) in [6.07, 6.45) is 5.95. The van der Waals surface area contributed by atoms with Crippen LogP contribution < -0.4 is 10.1 Å². The van der Waals surface area contributed by atoms with Gasteiger partial charge in [-0.3, -0.25) is 9.88 Å². The molecular weight excluding hydrogens is 204 g/mol. The van der Waals surface area contributed by atoms with Crippen LogP contribution in [-0.4, -0.2) is 48.2 Å². The first-order chi connectivity index (χ1) is 7.88. The van der Waals surface area contributed by atoms with Crippen LogP contribution in [0.1, 0.15) is 12.8 Å². The molecule has 0 aliphatic carbocycles. The van der Waals surface area contributed by atoms with E-state index in [9.17, 15) is 0 Å². The quantitative estimate of drug-likeness (QED) is 0.805. The lowest BCUT2D eigenvalue weighted by Gasteiger charge is -2.14. The predicted octanol–water partition coefficient (Wildman–Crippen LogP) is 0.993. The second-order valence-corrected chi connectivity index (χ2v) is 3.89. The first-order valence-electron chi connectivity index (χ1n) is 5.73. The molecule has 88 valence electrons. The molecular formula is C11H18N4O. The summed E-state index contributed by atoms with van der Waals surface area (Å²) in [6, 6.07) is 0. The summed E-state index contributed by atoms with van der Waals surface area (Å²) in [4.78, 5) is 10.7. The van der Waals surface area contributed by atoms with E-state index in [4.69, 9.17) is 4.74 Å². The first kappa shape index (κ1) is 11.1. The molecule has 0 aromatic carbocycles. The Kier molecular flexibility index (Phi) is 3.93. The van der Waals surface area contributed by atoms with E-state index < -0.39 is 0 Å². The van der Waals surface area contributed by atoms with Crippen molar-refractivity contribution in [3.05, 3.63) is 12.4 Å². The maximum absolute atomic E-state index is 5.56. The number of hydrogen-bond donors (Lipinski definition) is 1. The van der Waals surface area contributed by atoms with Gasteiger partial charge >= 0.3 is 0 Å². The molecule has 0 amide bonds. The lowest BCUT2D eigenvalue weighted by Crippen LogP contribution is -2.25. The van der Waals surface area contributed by atoms with Crippen molar-refractivity contribution in [2.75, 3.05) is 38.6 Å². The zero-order chi connectivity index (χ0) is 11.2. The number of ether oxygens (including phenoxy) is 1. The molecule has 2 rings (SSSR count). The van der Waals surface area contributed by atoms with E-state index >= 15 is 0 Å². The molecule has 1 fully saturated rings. The Balaban J connectivity index is 1.75. The summed E-state index contributed by atoms with van der Waals surface area (Å²) in [6.45, 7) is 4.06. The van der Waals surface area contributed by atoms with Gasteiger partial charge in [0.2, 0.25) is 5.88 Å². The lowest BCUT2D eigenvalue weighted by molar-refractivity contribution is 0.231.